The van der Waals surface area contributed by atoms with E-state index in [9.17, 15) is 0 Å². The molecule has 0 atom stereocenters. The van der Waals surface area contributed by atoms with Crippen molar-refractivity contribution in [3.05, 3.63) is 182 Å². The molecule has 0 spiro atoms. The van der Waals surface area contributed by atoms with E-state index in [0.717, 1.165) is 12.1 Å². The fourth-order valence-electron chi connectivity index (χ4n) is 14.7. The van der Waals surface area contributed by atoms with Crippen LogP contribution in [0.1, 0.15) is 0 Å². The predicted molar refractivity (Wildman–Crippen MR) is 443 cm³/mol. The minimum Gasteiger partial charge on any atom is -0.456 e. The van der Waals surface area contributed by atoms with Crippen molar-refractivity contribution in [2.75, 3.05) is 0 Å². The lowest BCUT2D eigenvalue weighted by atomic mass is 10.4. The molecule has 8 saturated heterocycles. The Bertz CT molecular complexity index is 3200. The lowest BCUT2D eigenvalue weighted by Gasteiger charge is -2.60. The largest absolute Gasteiger partial charge is 0.475 e. The Balaban J connectivity index is 0.000000154. The second-order valence-corrected chi connectivity index (χ2v) is 94.4. The van der Waals surface area contributed by atoms with Crippen LogP contribution in [0.25, 0.3) is 0 Å². The summed E-state index contributed by atoms with van der Waals surface area (Å²) in [6, 6.07) is 66.5. The maximum Gasteiger partial charge on any atom is 0.475 e. The molecule has 0 unspecified atom stereocenters. The Morgan fingerprint density at radius 1 is 0.218 bits per heavy atom. The second-order valence-electron chi connectivity index (χ2n) is 31.9. The van der Waals surface area contributed by atoms with Crippen LogP contribution in [0.2, 0.25) is 182 Å². The Morgan fingerprint density at radius 2 is 0.386 bits per heavy atom. The number of rotatable bonds is 12. The first-order chi connectivity index (χ1) is 46.3. The van der Waals surface area contributed by atoms with E-state index >= 15 is 0 Å². The van der Waals surface area contributed by atoms with E-state index < -0.39 is 155 Å². The summed E-state index contributed by atoms with van der Waals surface area (Å²) in [5.41, 5.74) is 0. The molecule has 8 aliphatic rings. The summed E-state index contributed by atoms with van der Waals surface area (Å²) < 4.78 is 122. The molecule has 6 aromatic rings. The van der Waals surface area contributed by atoms with Crippen LogP contribution >= 0.6 is 0 Å². The molecule has 8 fully saturated rings. The van der Waals surface area contributed by atoms with E-state index in [2.05, 4.69) is 300 Å². The fraction of sp³-hybridized carbons (Fsp3) is 0.438. The minimum absolute atomic E-state index is 1.03. The van der Waals surface area contributed by atoms with Crippen molar-refractivity contribution in [3.8, 4) is 0 Å². The van der Waals surface area contributed by atoms with E-state index in [4.69, 9.17) is 78.2 Å². The van der Waals surface area contributed by atoms with Gasteiger partial charge in [-0.3, -0.25) is 0 Å². The molecule has 0 amide bonds. The molecule has 37 heteroatoms. The van der Waals surface area contributed by atoms with Gasteiger partial charge in [0.25, 0.3) is 0 Å². The van der Waals surface area contributed by atoms with Gasteiger partial charge in [-0.15, -0.1) is 0 Å². The van der Waals surface area contributed by atoms with Gasteiger partial charge < -0.3 is 78.2 Å². The predicted octanol–water partition coefficient (Wildman–Crippen LogP) is 13.1. The van der Waals surface area contributed by atoms with Crippen LogP contribution < -0.4 is 31.1 Å². The van der Waals surface area contributed by atoms with Crippen LogP contribution in [0, 0.1) is 0 Å². The van der Waals surface area contributed by atoms with E-state index in [1.54, 1.807) is 52.4 Å². The van der Waals surface area contributed by atoms with Gasteiger partial charge in [0.2, 0.25) is 33.3 Å². The molecule has 101 heavy (non-hydrogen) atoms. The quantitative estimate of drug-likeness (QED) is 0.106. The zero-order chi connectivity index (χ0) is 74.5. The lowest BCUT2D eigenvalue weighted by Crippen LogP contribution is -2.86. The normalized spacial score (nSPS) is 32.6. The molecular formula is C64H112O19Si18. The first-order valence-corrected chi connectivity index (χ1v) is 80.9. The van der Waals surface area contributed by atoms with E-state index in [1.807, 2.05) is 0 Å². The van der Waals surface area contributed by atoms with E-state index in [0.29, 0.717) is 0 Å². The summed E-state index contributed by atoms with van der Waals surface area (Å²) in [5, 5.41) is 7.94. The van der Waals surface area contributed by atoms with Gasteiger partial charge in [-0.05, 0) is 161 Å². The summed E-state index contributed by atoms with van der Waals surface area (Å²) in [4.78, 5) is 0. The fourth-order valence-corrected chi connectivity index (χ4v) is 109. The van der Waals surface area contributed by atoms with Gasteiger partial charge >= 0.3 is 105 Å². The van der Waals surface area contributed by atoms with Gasteiger partial charge in [0, 0.05) is 52.4 Å². The molecule has 0 N–H and O–H groups in total. The second kappa shape index (κ2) is 30.4. The zero-order valence-electron chi connectivity index (χ0n) is 64.5. The number of benzene rings is 6. The third-order valence-corrected chi connectivity index (χ3v) is 91.7. The topological polar surface area (TPSA) is 175 Å². The third-order valence-electron chi connectivity index (χ3n) is 17.1. The van der Waals surface area contributed by atoms with Gasteiger partial charge in [0.15, 0.2) is 16.6 Å². The average Bonchev–Trinajstić information content (AvgIpc) is 1.02. The van der Waals surface area contributed by atoms with Crippen molar-refractivity contribution in [1.29, 1.82) is 0 Å². The standard InChI is InChI=1S/C26H26OSi2.C16H22OSi2.C8H24O12Si8.C8H22O4Si4.C6H18OSi2/c1-28(23-15-7-3-8-16-23,24-17-9-4-10-18-24)27-29(2,25-19-11-5-12-20-25)26-21-13-6-14-22-26;1-18(2,15-11-7-5-8-12-15)17-19(3,4)16-13-9-6-10-14-16;1-21-9-22(2)12-25(5)14-23(3,10-21)16-27(7)17-24(4,11-21)15-26(6,13-22)19-28(8,18-25)20-27;1-13(2)9-15(5)7-8-16(6,10-13)12-14(3,4)11-15;1-8(2,3)7-9(4,5)6/h3-22H,1-2H3;5-14H,1-4H3;1-8H3;7-8H2,1-6H3;1-6H3. The molecule has 6 aromatic carbocycles. The van der Waals surface area contributed by atoms with Crippen LogP contribution in [0.3, 0.4) is 0 Å². The van der Waals surface area contributed by atoms with Crippen LogP contribution in [-0.2, 0) is 78.2 Å². The SMILES string of the molecule is C[Si](C)(C)O[Si](C)(C)C.C[Si](C)(O[Si](C)(C)c1ccccc1)c1ccccc1.C[Si](O[Si](C)(c1ccccc1)c1ccccc1)(c1ccccc1)c1ccccc1.C[Si]1(C)O[Si]2(C)CC[Si](C)(O1)O[Si](C)(C)O2.C[Si]12O[Si]3(C)O[Si]4(C)O[Si](C)(O1)O[Si]1(C)O[Si](C)(O2)O[Si](C)(O3)O[Si](C)(O4)O1. The molecule has 0 aliphatic carbocycles. The molecule has 8 heterocycles. The summed E-state index contributed by atoms with van der Waals surface area (Å²) in [6.07, 6.45) is 0. The number of hydrogen-bond acceptors (Lipinski definition) is 19. The first-order valence-electron chi connectivity index (χ1n) is 34.9. The summed E-state index contributed by atoms with van der Waals surface area (Å²) in [5.74, 6) is 0. The highest BCUT2D eigenvalue weighted by atomic mass is 28.6. The third kappa shape index (κ3) is 22.1. The molecular weight excluding hydrogens is 1580 g/mol. The highest BCUT2D eigenvalue weighted by molar-refractivity contribution is 7.08. The lowest BCUT2D eigenvalue weighted by molar-refractivity contribution is -0.0176. The summed E-state index contributed by atoms with van der Waals surface area (Å²) in [7, 11) is -46.4. The van der Waals surface area contributed by atoms with Crippen molar-refractivity contribution in [2.24, 2.45) is 0 Å². The summed E-state index contributed by atoms with van der Waals surface area (Å²) >= 11 is 0. The van der Waals surface area contributed by atoms with Crippen LogP contribution in [0.5, 0.6) is 0 Å². The number of hydrogen-bond donors (Lipinski definition) is 0. The van der Waals surface area contributed by atoms with E-state index in [1.165, 1.54) is 31.1 Å². The molecule has 0 aromatic heterocycles. The Hall–Kier alpha value is -1.54. The minimum atomic E-state index is -3.40. The van der Waals surface area contributed by atoms with Crippen molar-refractivity contribution in [2.45, 2.75) is 182 Å². The molecule has 0 radical (unpaired) electrons. The van der Waals surface area contributed by atoms with Gasteiger partial charge in [-0.1, -0.05) is 182 Å². The Morgan fingerprint density at radius 3 is 0.545 bits per heavy atom. The number of fused-ring (bicyclic) bond motifs is 3. The summed E-state index contributed by atoms with van der Waals surface area (Å²) in [6.45, 7) is 54.1. The molecule has 10 bridgehead atoms. The van der Waals surface area contributed by atoms with Crippen molar-refractivity contribution in [3.63, 3.8) is 0 Å². The van der Waals surface area contributed by atoms with Gasteiger partial charge in [0.1, 0.15) is 0 Å². The first kappa shape index (κ1) is 83.5. The monoisotopic (exact) mass is 1690 g/mol. The maximum atomic E-state index is 7.45. The zero-order valence-corrected chi connectivity index (χ0v) is 82.5. The average molecular weight is 1690 g/mol. The smallest absolute Gasteiger partial charge is 0.456 e. The van der Waals surface area contributed by atoms with Gasteiger partial charge in [-0.25, -0.2) is 0 Å². The molecule has 19 nitrogen and oxygen atoms in total. The van der Waals surface area contributed by atoms with Crippen molar-refractivity contribution in [1.82, 2.24) is 0 Å². The highest BCUT2D eigenvalue weighted by Gasteiger charge is 2.78. The van der Waals surface area contributed by atoms with Gasteiger partial charge in [-0.2, -0.15) is 0 Å². The van der Waals surface area contributed by atoms with Crippen molar-refractivity contribution >= 4 is 186 Å². The molecule has 8 aliphatic heterocycles. The van der Waals surface area contributed by atoms with Crippen LogP contribution in [0.4, 0.5) is 0 Å². The highest BCUT2D eigenvalue weighted by Crippen LogP contribution is 2.48. The Kier molecular flexibility index (Phi) is 25.1. The molecule has 0 saturated carbocycles. The molecule has 554 valence electrons. The Labute approximate surface area is 623 Å². The van der Waals surface area contributed by atoms with E-state index in [-0.39, 0.29) is 0 Å². The molecule has 14 rings (SSSR count). The van der Waals surface area contributed by atoms with Crippen LogP contribution in [-0.4, -0.2) is 155 Å². The van der Waals surface area contributed by atoms with Crippen LogP contribution in [0.15, 0.2) is 182 Å². The maximum absolute atomic E-state index is 7.45. The van der Waals surface area contributed by atoms with Crippen molar-refractivity contribution < 1.29 is 78.2 Å². The van der Waals surface area contributed by atoms with Gasteiger partial charge in [0.05, 0.1) is 0 Å².